The third kappa shape index (κ3) is 3.41. The van der Waals surface area contributed by atoms with Gasteiger partial charge in [0.15, 0.2) is 0 Å². The van der Waals surface area contributed by atoms with Gasteiger partial charge in [0.05, 0.1) is 0 Å². The molecule has 0 bridgehead atoms. The predicted molar refractivity (Wildman–Crippen MR) is 122 cm³/mol. The van der Waals surface area contributed by atoms with Crippen LogP contribution in [0.3, 0.4) is 0 Å². The second-order valence-corrected chi connectivity index (χ2v) is 13.0. The first-order chi connectivity index (χ1) is 13.3. The monoisotopic (exact) mass is 386 g/mol. The zero-order chi connectivity index (χ0) is 20.1. The smallest absolute Gasteiger partial charge is 0.0264 e. The van der Waals surface area contributed by atoms with Crippen molar-refractivity contribution in [3.8, 4) is 0 Å². The summed E-state index contributed by atoms with van der Waals surface area (Å²) in [6, 6.07) is 0. The van der Waals surface area contributed by atoms with Crippen molar-refractivity contribution in [1.29, 1.82) is 0 Å². The molecule has 0 unspecified atom stereocenters. The van der Waals surface area contributed by atoms with Crippen molar-refractivity contribution in [3.05, 3.63) is 0 Å². The van der Waals surface area contributed by atoms with Crippen LogP contribution < -0.4 is 0 Å². The van der Waals surface area contributed by atoms with Crippen LogP contribution in [0, 0.1) is 58.2 Å². The summed E-state index contributed by atoms with van der Waals surface area (Å²) in [5.41, 5.74) is 1.35. The van der Waals surface area contributed by atoms with Gasteiger partial charge in [-0.1, -0.05) is 73.6 Å². The number of rotatable bonds is 5. The number of hydrogen-bond acceptors (Lipinski definition) is 0. The van der Waals surface area contributed by atoms with Crippen molar-refractivity contribution >= 4 is 0 Å². The fourth-order valence-corrected chi connectivity index (χ4v) is 9.82. The molecule has 4 aliphatic rings. The van der Waals surface area contributed by atoms with E-state index in [-0.39, 0.29) is 0 Å². The summed E-state index contributed by atoms with van der Waals surface area (Å²) in [5, 5.41) is 0. The van der Waals surface area contributed by atoms with Gasteiger partial charge in [-0.05, 0) is 103 Å². The van der Waals surface area contributed by atoms with Gasteiger partial charge in [-0.2, -0.15) is 0 Å². The summed E-state index contributed by atoms with van der Waals surface area (Å²) in [7, 11) is 0. The highest BCUT2D eigenvalue weighted by Crippen LogP contribution is 2.68. The van der Waals surface area contributed by atoms with Crippen LogP contribution in [-0.2, 0) is 0 Å². The SMILES string of the molecule is CC(C)CCC[C@@H](C)[C@H]1CC[C@H]2[C@@H]3CC[C@H]4[C@H](C)CCC[C@]4(C)[C@H]3CC[C@]12C. The van der Waals surface area contributed by atoms with Gasteiger partial charge in [0.25, 0.3) is 0 Å². The second kappa shape index (κ2) is 7.92. The van der Waals surface area contributed by atoms with Crippen LogP contribution in [-0.4, -0.2) is 0 Å². The molecule has 0 heterocycles. The first kappa shape index (κ1) is 21.2. The van der Waals surface area contributed by atoms with Crippen LogP contribution >= 0.6 is 0 Å². The van der Waals surface area contributed by atoms with Crippen LogP contribution in [0.25, 0.3) is 0 Å². The van der Waals surface area contributed by atoms with Gasteiger partial charge >= 0.3 is 0 Å². The van der Waals surface area contributed by atoms with Crippen molar-refractivity contribution in [2.75, 3.05) is 0 Å². The van der Waals surface area contributed by atoms with Crippen molar-refractivity contribution in [2.24, 2.45) is 58.2 Å². The molecule has 4 saturated carbocycles. The van der Waals surface area contributed by atoms with Gasteiger partial charge in [-0.3, -0.25) is 0 Å². The molecule has 0 radical (unpaired) electrons. The van der Waals surface area contributed by atoms with Crippen molar-refractivity contribution in [2.45, 2.75) is 119 Å². The standard InChI is InChI=1S/C28H50/c1-19(2)9-7-10-20(3)24-14-15-25-22-12-13-23-21(4)11-8-17-27(23,5)26(22)16-18-28(24,25)6/h19-26H,7-18H2,1-6H3/t20-,21-,22+,23+,24-,25+,26+,27+,28-/m1/s1. The topological polar surface area (TPSA) is 0 Å². The highest BCUT2D eigenvalue weighted by atomic mass is 14.7. The quantitative estimate of drug-likeness (QED) is 0.443. The molecule has 0 saturated heterocycles. The second-order valence-electron chi connectivity index (χ2n) is 13.0. The summed E-state index contributed by atoms with van der Waals surface area (Å²) >= 11 is 0. The van der Waals surface area contributed by atoms with E-state index in [0.717, 1.165) is 47.3 Å². The van der Waals surface area contributed by atoms with Gasteiger partial charge in [0.1, 0.15) is 0 Å². The minimum Gasteiger partial charge on any atom is -0.0628 e. The molecule has 0 aromatic heterocycles. The fourth-order valence-electron chi connectivity index (χ4n) is 9.82. The Morgan fingerprint density at radius 3 is 2.21 bits per heavy atom. The lowest BCUT2D eigenvalue weighted by atomic mass is 9.43. The summed E-state index contributed by atoms with van der Waals surface area (Å²) in [6.45, 7) is 15.5. The van der Waals surface area contributed by atoms with Gasteiger partial charge in [-0.25, -0.2) is 0 Å². The maximum Gasteiger partial charge on any atom is -0.0264 e. The van der Waals surface area contributed by atoms with E-state index < -0.39 is 0 Å². The highest BCUT2D eigenvalue weighted by Gasteiger charge is 2.60. The van der Waals surface area contributed by atoms with E-state index in [9.17, 15) is 0 Å². The molecule has 0 nitrogen and oxygen atoms in total. The maximum atomic E-state index is 2.75. The Hall–Kier alpha value is 0. The van der Waals surface area contributed by atoms with E-state index in [2.05, 4.69) is 41.5 Å². The number of fused-ring (bicyclic) bond motifs is 5. The average Bonchev–Trinajstić information content (AvgIpc) is 2.98. The Morgan fingerprint density at radius 2 is 1.46 bits per heavy atom. The van der Waals surface area contributed by atoms with Crippen LogP contribution in [0.5, 0.6) is 0 Å². The van der Waals surface area contributed by atoms with E-state index in [1.165, 1.54) is 32.1 Å². The Bertz CT molecular complexity index is 534. The molecule has 0 N–H and O–H groups in total. The van der Waals surface area contributed by atoms with Gasteiger partial charge < -0.3 is 0 Å². The molecule has 0 aromatic rings. The zero-order valence-corrected chi connectivity index (χ0v) is 20.1. The molecule has 28 heavy (non-hydrogen) atoms. The molecule has 0 amide bonds. The Balaban J connectivity index is 1.47. The van der Waals surface area contributed by atoms with Crippen LogP contribution in [0.4, 0.5) is 0 Å². The largest absolute Gasteiger partial charge is 0.0628 e. The molecule has 9 atom stereocenters. The Kier molecular flexibility index (Phi) is 6.01. The normalized spacial score (nSPS) is 49.4. The zero-order valence-electron chi connectivity index (χ0n) is 20.1. The maximum absolute atomic E-state index is 2.75. The van der Waals surface area contributed by atoms with E-state index in [0.29, 0.717) is 10.8 Å². The number of hydrogen-bond donors (Lipinski definition) is 0. The molecular weight excluding hydrogens is 336 g/mol. The fraction of sp³-hybridized carbons (Fsp3) is 1.00. The van der Waals surface area contributed by atoms with Crippen LogP contribution in [0.2, 0.25) is 0 Å². The summed E-state index contributed by atoms with van der Waals surface area (Å²) in [4.78, 5) is 0. The van der Waals surface area contributed by atoms with Crippen LogP contribution in [0.15, 0.2) is 0 Å². The van der Waals surface area contributed by atoms with Crippen molar-refractivity contribution in [3.63, 3.8) is 0 Å². The Labute approximate surface area is 177 Å². The molecular formula is C28H50. The highest BCUT2D eigenvalue weighted by molar-refractivity contribution is 5.09. The van der Waals surface area contributed by atoms with Crippen LogP contribution in [0.1, 0.15) is 119 Å². The molecule has 4 aliphatic carbocycles. The van der Waals surface area contributed by atoms with E-state index in [1.807, 2.05) is 0 Å². The minimum absolute atomic E-state index is 0.669. The van der Waals surface area contributed by atoms with Gasteiger partial charge in [0.2, 0.25) is 0 Å². The summed E-state index contributed by atoms with van der Waals surface area (Å²) < 4.78 is 0. The molecule has 162 valence electrons. The molecule has 0 aliphatic heterocycles. The van der Waals surface area contributed by atoms with Gasteiger partial charge in [0, 0.05) is 0 Å². The first-order valence-electron chi connectivity index (χ1n) is 13.3. The molecule has 4 fully saturated rings. The lowest BCUT2D eigenvalue weighted by molar-refractivity contribution is -0.127. The average molecular weight is 387 g/mol. The first-order valence-corrected chi connectivity index (χ1v) is 13.3. The molecule has 0 spiro atoms. The van der Waals surface area contributed by atoms with Crippen molar-refractivity contribution in [1.82, 2.24) is 0 Å². The summed E-state index contributed by atoms with van der Waals surface area (Å²) in [6.07, 6.45) is 18.3. The molecule has 0 heteroatoms. The summed E-state index contributed by atoms with van der Waals surface area (Å²) in [5.74, 6) is 8.06. The lowest BCUT2D eigenvalue weighted by Gasteiger charge is -2.62. The van der Waals surface area contributed by atoms with Gasteiger partial charge in [-0.15, -0.1) is 0 Å². The van der Waals surface area contributed by atoms with Crippen molar-refractivity contribution < 1.29 is 0 Å². The minimum atomic E-state index is 0.669. The van der Waals surface area contributed by atoms with E-state index in [1.54, 1.807) is 44.9 Å². The van der Waals surface area contributed by atoms with E-state index >= 15 is 0 Å². The lowest BCUT2D eigenvalue weighted by Crippen LogP contribution is -2.54. The van der Waals surface area contributed by atoms with E-state index in [4.69, 9.17) is 0 Å². The predicted octanol–water partition coefficient (Wildman–Crippen LogP) is 8.74. The molecule has 0 aromatic carbocycles. The molecule has 4 rings (SSSR count). The third-order valence-corrected chi connectivity index (χ3v) is 11.2. The third-order valence-electron chi connectivity index (χ3n) is 11.2. The Morgan fingerprint density at radius 1 is 0.750 bits per heavy atom.